The zero-order chi connectivity index (χ0) is 26.3. The Balaban J connectivity index is 1.16. The molecule has 3 aromatic rings. The number of nitrogens with zero attached hydrogens (tertiary/aromatic N) is 4. The molecule has 3 aromatic heterocycles. The van der Waals surface area contributed by atoms with Gasteiger partial charge in [-0.05, 0) is 55.9 Å². The SMILES string of the molecule is COc1ccc2nccc(N3CCC4CC(NC(=O)c5ccc6c(n5)NC(=O)CS6)CCC4(CO)C3)c2n1. The number of hydrogen-bond donors (Lipinski definition) is 3. The van der Waals surface area contributed by atoms with Crippen molar-refractivity contribution < 1.29 is 19.4 Å². The minimum atomic E-state index is -0.250. The Morgan fingerprint density at radius 2 is 2.16 bits per heavy atom. The van der Waals surface area contributed by atoms with Gasteiger partial charge < -0.3 is 25.4 Å². The van der Waals surface area contributed by atoms with E-state index in [0.29, 0.717) is 23.1 Å². The molecule has 3 N–H and O–H groups in total. The Labute approximate surface area is 224 Å². The second-order valence-corrected chi connectivity index (χ2v) is 11.3. The van der Waals surface area contributed by atoms with Gasteiger partial charge in [0.15, 0.2) is 0 Å². The second-order valence-electron chi connectivity index (χ2n) is 10.3. The van der Waals surface area contributed by atoms with Crippen molar-refractivity contribution in [2.45, 2.75) is 36.6 Å². The van der Waals surface area contributed by atoms with Gasteiger partial charge in [0.25, 0.3) is 5.91 Å². The quantitative estimate of drug-likeness (QED) is 0.452. The number of thioether (sulfide) groups is 1. The van der Waals surface area contributed by atoms with Crippen LogP contribution in [0.15, 0.2) is 41.4 Å². The molecule has 2 aliphatic heterocycles. The fraction of sp³-hybridized carbons (Fsp3) is 0.444. The van der Waals surface area contributed by atoms with Crippen LogP contribution in [0.1, 0.15) is 36.2 Å². The summed E-state index contributed by atoms with van der Waals surface area (Å²) in [5, 5.41) is 16.5. The molecule has 3 atom stereocenters. The van der Waals surface area contributed by atoms with Gasteiger partial charge in [0.05, 0.1) is 35.6 Å². The van der Waals surface area contributed by atoms with E-state index in [1.165, 1.54) is 11.8 Å². The monoisotopic (exact) mass is 534 g/mol. The van der Waals surface area contributed by atoms with E-state index >= 15 is 0 Å². The van der Waals surface area contributed by atoms with Crippen LogP contribution < -0.4 is 20.3 Å². The van der Waals surface area contributed by atoms with Crippen LogP contribution in [-0.2, 0) is 4.79 Å². The summed E-state index contributed by atoms with van der Waals surface area (Å²) in [4.78, 5) is 41.4. The summed E-state index contributed by atoms with van der Waals surface area (Å²) in [6.45, 7) is 1.64. The van der Waals surface area contributed by atoms with E-state index in [1.807, 2.05) is 24.3 Å². The Kier molecular flexibility index (Phi) is 6.56. The van der Waals surface area contributed by atoms with Crippen molar-refractivity contribution >= 4 is 46.1 Å². The van der Waals surface area contributed by atoms with Crippen molar-refractivity contribution in [3.05, 3.63) is 42.2 Å². The Hall–Kier alpha value is -3.44. The first kappa shape index (κ1) is 24.9. The molecular formula is C27H30N6O4S. The molecule has 1 saturated heterocycles. The van der Waals surface area contributed by atoms with E-state index in [9.17, 15) is 14.7 Å². The third-order valence-corrected chi connectivity index (χ3v) is 9.17. The maximum Gasteiger partial charge on any atom is 0.270 e. The first-order chi connectivity index (χ1) is 18.5. The predicted octanol–water partition coefficient (Wildman–Crippen LogP) is 2.87. The second kappa shape index (κ2) is 10.0. The van der Waals surface area contributed by atoms with Gasteiger partial charge in [-0.25, -0.2) is 9.97 Å². The number of amides is 2. The molecule has 1 saturated carbocycles. The number of pyridine rings is 3. The topological polar surface area (TPSA) is 130 Å². The third-order valence-electron chi connectivity index (χ3n) is 8.12. The number of piperidine rings is 1. The maximum absolute atomic E-state index is 13.0. The highest BCUT2D eigenvalue weighted by Gasteiger charge is 2.47. The van der Waals surface area contributed by atoms with Gasteiger partial charge >= 0.3 is 0 Å². The lowest BCUT2D eigenvalue weighted by molar-refractivity contribution is -0.113. The molecule has 1 aliphatic carbocycles. The number of methoxy groups -OCH3 is 1. The largest absolute Gasteiger partial charge is 0.481 e. The minimum absolute atomic E-state index is 0.00760. The van der Waals surface area contributed by atoms with Gasteiger partial charge in [-0.2, -0.15) is 0 Å². The lowest BCUT2D eigenvalue weighted by atomic mass is 9.62. The number of anilines is 2. The highest BCUT2D eigenvalue weighted by Crippen LogP contribution is 2.47. The van der Waals surface area contributed by atoms with Crippen LogP contribution >= 0.6 is 11.8 Å². The van der Waals surface area contributed by atoms with Gasteiger partial charge in [0, 0.05) is 36.8 Å². The smallest absolute Gasteiger partial charge is 0.270 e. The summed E-state index contributed by atoms with van der Waals surface area (Å²) in [6.07, 6.45) is 5.09. The van der Waals surface area contributed by atoms with E-state index in [2.05, 4.69) is 30.5 Å². The van der Waals surface area contributed by atoms with Gasteiger partial charge in [0.2, 0.25) is 11.8 Å². The van der Waals surface area contributed by atoms with Crippen LogP contribution in [0.2, 0.25) is 0 Å². The Morgan fingerprint density at radius 3 is 3.00 bits per heavy atom. The fourth-order valence-corrected chi connectivity index (χ4v) is 6.84. The lowest BCUT2D eigenvalue weighted by Gasteiger charge is -2.52. The number of ether oxygens (including phenoxy) is 1. The van der Waals surface area contributed by atoms with Crippen molar-refractivity contribution in [1.82, 2.24) is 20.3 Å². The molecule has 3 aliphatic rings. The van der Waals surface area contributed by atoms with Crippen LogP contribution in [0, 0.1) is 11.3 Å². The number of aliphatic hydroxyl groups is 1. The molecule has 3 unspecified atom stereocenters. The van der Waals surface area contributed by atoms with E-state index < -0.39 is 0 Å². The van der Waals surface area contributed by atoms with Crippen molar-refractivity contribution in [2.24, 2.45) is 11.3 Å². The number of carbonyl (C=O) groups is 2. The molecule has 11 heteroatoms. The van der Waals surface area contributed by atoms with Crippen LogP contribution in [0.4, 0.5) is 11.5 Å². The van der Waals surface area contributed by atoms with Crippen molar-refractivity contribution in [3.8, 4) is 5.88 Å². The molecule has 0 aromatic carbocycles. The number of aliphatic hydroxyl groups excluding tert-OH is 1. The van der Waals surface area contributed by atoms with Gasteiger partial charge in [-0.1, -0.05) is 0 Å². The molecule has 2 fully saturated rings. The molecule has 10 nitrogen and oxygen atoms in total. The number of rotatable bonds is 5. The highest BCUT2D eigenvalue weighted by atomic mass is 32.2. The molecule has 38 heavy (non-hydrogen) atoms. The molecule has 0 radical (unpaired) electrons. The lowest BCUT2D eigenvalue weighted by Crippen LogP contribution is -2.56. The van der Waals surface area contributed by atoms with Crippen LogP contribution in [0.25, 0.3) is 11.0 Å². The average molecular weight is 535 g/mol. The highest BCUT2D eigenvalue weighted by molar-refractivity contribution is 8.00. The summed E-state index contributed by atoms with van der Waals surface area (Å²) in [7, 11) is 1.60. The van der Waals surface area contributed by atoms with Crippen LogP contribution in [-0.4, -0.2) is 70.5 Å². The maximum atomic E-state index is 13.0. The summed E-state index contributed by atoms with van der Waals surface area (Å²) < 4.78 is 5.34. The molecule has 0 bridgehead atoms. The number of nitrogens with one attached hydrogen (secondary N) is 2. The van der Waals surface area contributed by atoms with Crippen molar-refractivity contribution in [1.29, 1.82) is 0 Å². The summed E-state index contributed by atoms with van der Waals surface area (Å²) in [6, 6.07) is 9.26. The minimum Gasteiger partial charge on any atom is -0.481 e. The molecule has 6 rings (SSSR count). The number of aromatic nitrogens is 3. The van der Waals surface area contributed by atoms with Crippen molar-refractivity contribution in [2.75, 3.05) is 42.8 Å². The summed E-state index contributed by atoms with van der Waals surface area (Å²) in [5.41, 5.74) is 2.65. The molecule has 0 spiro atoms. The van der Waals surface area contributed by atoms with E-state index in [0.717, 1.165) is 60.4 Å². The molecule has 198 valence electrons. The van der Waals surface area contributed by atoms with E-state index in [4.69, 9.17) is 4.74 Å². The van der Waals surface area contributed by atoms with Gasteiger partial charge in [0.1, 0.15) is 17.0 Å². The summed E-state index contributed by atoms with van der Waals surface area (Å²) in [5.74, 6) is 1.29. The van der Waals surface area contributed by atoms with Crippen LogP contribution in [0.5, 0.6) is 5.88 Å². The first-order valence-corrected chi connectivity index (χ1v) is 13.9. The average Bonchev–Trinajstić information content (AvgIpc) is 2.95. The Morgan fingerprint density at radius 1 is 1.26 bits per heavy atom. The Bertz CT molecular complexity index is 1400. The molecule has 5 heterocycles. The third kappa shape index (κ3) is 4.54. The van der Waals surface area contributed by atoms with Gasteiger partial charge in [-0.15, -0.1) is 11.8 Å². The fourth-order valence-electron chi connectivity index (χ4n) is 6.09. The normalized spacial score (nSPS) is 24.8. The zero-order valence-corrected chi connectivity index (χ0v) is 22.0. The zero-order valence-electron chi connectivity index (χ0n) is 21.1. The molecular weight excluding hydrogens is 504 g/mol. The van der Waals surface area contributed by atoms with Crippen LogP contribution in [0.3, 0.4) is 0 Å². The van der Waals surface area contributed by atoms with E-state index in [1.54, 1.807) is 19.4 Å². The van der Waals surface area contributed by atoms with E-state index in [-0.39, 0.29) is 35.8 Å². The number of carbonyl (C=O) groups excluding carboxylic acids is 2. The van der Waals surface area contributed by atoms with Crippen molar-refractivity contribution in [3.63, 3.8) is 0 Å². The molecule has 2 amide bonds. The standard InChI is InChI=1S/C27H30N6O4S/c1-37-23-5-3-18-24(32-23)20(7-10-28-18)33-11-8-16-12-17(6-9-27(16,14-33)15-34)29-26(36)19-2-4-21-25(30-19)31-22(35)13-38-21/h2-5,7,10,16-17,34H,6,8-9,11-15H2,1H3,(H,29,36)(H,30,31,35). The number of hydrogen-bond acceptors (Lipinski definition) is 9. The summed E-state index contributed by atoms with van der Waals surface area (Å²) >= 11 is 1.42. The number of fused-ring (bicyclic) bond motifs is 3. The first-order valence-electron chi connectivity index (χ1n) is 12.9. The van der Waals surface area contributed by atoms with Gasteiger partial charge in [-0.3, -0.25) is 14.6 Å². The predicted molar refractivity (Wildman–Crippen MR) is 145 cm³/mol.